The predicted octanol–water partition coefficient (Wildman–Crippen LogP) is 2.66. The first-order valence-corrected chi connectivity index (χ1v) is 8.82. The second-order valence-corrected chi connectivity index (χ2v) is 7.41. The Morgan fingerprint density at radius 1 is 1.23 bits per heavy atom. The Bertz CT molecular complexity index is 699. The van der Waals surface area contributed by atoms with Crippen molar-refractivity contribution < 1.29 is 12.8 Å². The standard InChI is InChI=1S/C15H19ClN2O3S/c1-18(2)14(15-8-5-9-21-15)10-17-22(19,20)11-12-6-3-4-7-13(12)16/h3-9,14,17H,10-11H2,1-2H3/t14-/m0/s1. The van der Waals surface area contributed by atoms with Gasteiger partial charge < -0.3 is 4.42 Å². The summed E-state index contributed by atoms with van der Waals surface area (Å²) in [5, 5.41) is 0.447. The third-order valence-electron chi connectivity index (χ3n) is 3.29. The van der Waals surface area contributed by atoms with Gasteiger partial charge in [-0.1, -0.05) is 29.8 Å². The predicted molar refractivity (Wildman–Crippen MR) is 87.2 cm³/mol. The van der Waals surface area contributed by atoms with Crippen molar-refractivity contribution in [2.75, 3.05) is 20.6 Å². The molecule has 1 aromatic carbocycles. The first-order valence-electron chi connectivity index (χ1n) is 6.79. The lowest BCUT2D eigenvalue weighted by Gasteiger charge is -2.22. The van der Waals surface area contributed by atoms with Gasteiger partial charge in [0.2, 0.25) is 10.0 Å². The van der Waals surface area contributed by atoms with Crippen LogP contribution in [0.15, 0.2) is 47.1 Å². The Morgan fingerprint density at radius 2 is 1.95 bits per heavy atom. The summed E-state index contributed by atoms with van der Waals surface area (Å²) >= 11 is 6.01. The Kier molecular flexibility index (Phi) is 5.63. The molecule has 0 aliphatic carbocycles. The number of benzene rings is 1. The van der Waals surface area contributed by atoms with Crippen LogP contribution in [0, 0.1) is 0 Å². The molecule has 1 N–H and O–H groups in total. The molecule has 2 aromatic rings. The molecule has 1 heterocycles. The van der Waals surface area contributed by atoms with E-state index in [2.05, 4.69) is 4.72 Å². The van der Waals surface area contributed by atoms with Crippen LogP contribution in [0.3, 0.4) is 0 Å². The van der Waals surface area contributed by atoms with Crippen LogP contribution in [0.5, 0.6) is 0 Å². The normalized spacial score (nSPS) is 13.5. The third-order valence-corrected chi connectivity index (χ3v) is 4.96. The Balaban J connectivity index is 2.04. The molecule has 1 aromatic heterocycles. The smallest absolute Gasteiger partial charge is 0.215 e. The second-order valence-electron chi connectivity index (χ2n) is 5.19. The van der Waals surface area contributed by atoms with E-state index >= 15 is 0 Å². The van der Waals surface area contributed by atoms with Gasteiger partial charge in [0, 0.05) is 11.6 Å². The van der Waals surface area contributed by atoms with Crippen LogP contribution in [-0.2, 0) is 15.8 Å². The Hall–Kier alpha value is -1.34. The lowest BCUT2D eigenvalue weighted by atomic mass is 10.2. The van der Waals surface area contributed by atoms with Crippen molar-refractivity contribution in [3.63, 3.8) is 0 Å². The molecular weight excluding hydrogens is 324 g/mol. The summed E-state index contributed by atoms with van der Waals surface area (Å²) in [5.41, 5.74) is 0.580. The van der Waals surface area contributed by atoms with Gasteiger partial charge in [0.05, 0.1) is 18.1 Å². The molecule has 0 amide bonds. The van der Waals surface area contributed by atoms with Gasteiger partial charge in [-0.3, -0.25) is 4.90 Å². The molecule has 0 radical (unpaired) electrons. The second kappa shape index (κ2) is 7.28. The highest BCUT2D eigenvalue weighted by Crippen LogP contribution is 2.20. The molecule has 0 saturated heterocycles. The van der Waals surface area contributed by atoms with E-state index in [1.165, 1.54) is 0 Å². The molecule has 0 saturated carbocycles. The average Bonchev–Trinajstić information content (AvgIpc) is 2.95. The maximum Gasteiger partial charge on any atom is 0.215 e. The number of sulfonamides is 1. The van der Waals surface area contributed by atoms with Gasteiger partial charge in [0.15, 0.2) is 0 Å². The van der Waals surface area contributed by atoms with Gasteiger partial charge in [0.1, 0.15) is 5.76 Å². The van der Waals surface area contributed by atoms with Gasteiger partial charge in [-0.25, -0.2) is 13.1 Å². The zero-order valence-corrected chi connectivity index (χ0v) is 14.1. The number of furan rings is 1. The van der Waals surface area contributed by atoms with Gasteiger partial charge in [-0.2, -0.15) is 0 Å². The first kappa shape index (κ1) is 17.0. The quantitative estimate of drug-likeness (QED) is 0.840. The number of hydrogen-bond donors (Lipinski definition) is 1. The van der Waals surface area contributed by atoms with E-state index in [4.69, 9.17) is 16.0 Å². The zero-order valence-electron chi connectivity index (χ0n) is 12.5. The largest absolute Gasteiger partial charge is 0.468 e. The summed E-state index contributed by atoms with van der Waals surface area (Å²) in [6.45, 7) is 0.229. The molecule has 1 atom stereocenters. The van der Waals surface area contributed by atoms with Crippen LogP contribution in [0.25, 0.3) is 0 Å². The fourth-order valence-electron chi connectivity index (χ4n) is 2.10. The van der Waals surface area contributed by atoms with Gasteiger partial charge in [-0.15, -0.1) is 0 Å². The maximum absolute atomic E-state index is 12.2. The first-order chi connectivity index (χ1) is 10.4. The minimum atomic E-state index is -3.48. The van der Waals surface area contributed by atoms with Gasteiger partial charge in [-0.05, 0) is 37.9 Å². The van der Waals surface area contributed by atoms with E-state index in [1.54, 1.807) is 36.6 Å². The van der Waals surface area contributed by atoms with Gasteiger partial charge >= 0.3 is 0 Å². The topological polar surface area (TPSA) is 62.6 Å². The molecule has 7 heteroatoms. The fraction of sp³-hybridized carbons (Fsp3) is 0.333. The van der Waals surface area contributed by atoms with E-state index in [0.717, 1.165) is 0 Å². The van der Waals surface area contributed by atoms with E-state index in [0.29, 0.717) is 16.3 Å². The highest BCUT2D eigenvalue weighted by molar-refractivity contribution is 7.88. The van der Waals surface area contributed by atoms with Crippen LogP contribution in [0.4, 0.5) is 0 Å². The van der Waals surface area contributed by atoms with Crippen molar-refractivity contribution in [2.45, 2.75) is 11.8 Å². The molecule has 0 aliphatic rings. The van der Waals surface area contributed by atoms with Crippen LogP contribution in [-0.4, -0.2) is 34.0 Å². The van der Waals surface area contributed by atoms with Crippen LogP contribution in [0.2, 0.25) is 5.02 Å². The third kappa shape index (κ3) is 4.58. The number of rotatable bonds is 7. The van der Waals surface area contributed by atoms with Gasteiger partial charge in [0.25, 0.3) is 0 Å². The van der Waals surface area contributed by atoms with Crippen molar-refractivity contribution in [1.29, 1.82) is 0 Å². The minimum absolute atomic E-state index is 0.148. The monoisotopic (exact) mass is 342 g/mol. The molecular formula is C15H19ClN2O3S. The molecule has 0 bridgehead atoms. The van der Waals surface area contributed by atoms with Crippen molar-refractivity contribution in [1.82, 2.24) is 9.62 Å². The molecule has 5 nitrogen and oxygen atoms in total. The average molecular weight is 343 g/mol. The van der Waals surface area contributed by atoms with E-state index in [-0.39, 0.29) is 18.3 Å². The summed E-state index contributed by atoms with van der Waals surface area (Å²) < 4.78 is 32.4. The molecule has 2 rings (SSSR count). The van der Waals surface area contributed by atoms with E-state index in [1.807, 2.05) is 25.1 Å². The summed E-state index contributed by atoms with van der Waals surface area (Å²) in [5.74, 6) is 0.566. The molecule has 0 unspecified atom stereocenters. The molecule has 120 valence electrons. The number of halogens is 1. The maximum atomic E-state index is 12.2. The van der Waals surface area contributed by atoms with Crippen molar-refractivity contribution in [2.24, 2.45) is 0 Å². The zero-order chi connectivity index (χ0) is 16.2. The van der Waals surface area contributed by atoms with Crippen LogP contribution >= 0.6 is 11.6 Å². The minimum Gasteiger partial charge on any atom is -0.468 e. The van der Waals surface area contributed by atoms with Crippen LogP contribution < -0.4 is 4.72 Å². The lowest BCUT2D eigenvalue weighted by Crippen LogP contribution is -2.35. The summed E-state index contributed by atoms with van der Waals surface area (Å²) in [6.07, 6.45) is 1.57. The molecule has 0 aliphatic heterocycles. The molecule has 0 fully saturated rings. The van der Waals surface area contributed by atoms with Crippen molar-refractivity contribution in [3.05, 3.63) is 59.0 Å². The number of likely N-dealkylation sites (N-methyl/N-ethyl adjacent to an activating group) is 1. The SMILES string of the molecule is CN(C)[C@@H](CNS(=O)(=O)Cc1ccccc1Cl)c1ccco1. The molecule has 0 spiro atoms. The summed E-state index contributed by atoms with van der Waals surface area (Å²) in [4.78, 5) is 1.90. The Morgan fingerprint density at radius 3 is 2.55 bits per heavy atom. The van der Waals surface area contributed by atoms with E-state index < -0.39 is 10.0 Å². The van der Waals surface area contributed by atoms with E-state index in [9.17, 15) is 8.42 Å². The Labute approximate surface area is 135 Å². The van der Waals surface area contributed by atoms with Crippen molar-refractivity contribution >= 4 is 21.6 Å². The summed E-state index contributed by atoms with van der Waals surface area (Å²) in [7, 11) is 0.262. The fourth-order valence-corrected chi connectivity index (χ4v) is 3.55. The number of nitrogens with zero attached hydrogens (tertiary/aromatic N) is 1. The summed E-state index contributed by atoms with van der Waals surface area (Å²) in [6, 6.07) is 10.4. The highest BCUT2D eigenvalue weighted by atomic mass is 35.5. The van der Waals surface area contributed by atoms with Crippen LogP contribution in [0.1, 0.15) is 17.4 Å². The van der Waals surface area contributed by atoms with Crippen molar-refractivity contribution in [3.8, 4) is 0 Å². The number of nitrogens with one attached hydrogen (secondary N) is 1. The number of hydrogen-bond acceptors (Lipinski definition) is 4. The molecule has 22 heavy (non-hydrogen) atoms. The highest BCUT2D eigenvalue weighted by Gasteiger charge is 2.21. The lowest BCUT2D eigenvalue weighted by molar-refractivity contribution is 0.259.